The molecule has 0 aliphatic heterocycles. The maximum atomic E-state index is 11.9. The molecule has 18 heavy (non-hydrogen) atoms. The molecule has 0 saturated carbocycles. The van der Waals surface area contributed by atoms with Crippen LogP contribution in [0.4, 0.5) is 0 Å². The summed E-state index contributed by atoms with van der Waals surface area (Å²) in [7, 11) is 0. The van der Waals surface area contributed by atoms with Crippen molar-refractivity contribution < 1.29 is 9.59 Å². The first kappa shape index (κ1) is 16.4. The number of carbonyl (C=O) groups excluding carboxylic acids is 2. The number of amides is 2. The quantitative estimate of drug-likeness (QED) is 0.751. The summed E-state index contributed by atoms with van der Waals surface area (Å²) in [6, 6.07) is 6.26. The fourth-order valence-electron chi connectivity index (χ4n) is 1.24. The van der Waals surface area contributed by atoms with Crippen LogP contribution in [0.1, 0.15) is 34.6 Å². The fourth-order valence-corrected chi connectivity index (χ4v) is 1.24. The second kappa shape index (κ2) is 6.37. The van der Waals surface area contributed by atoms with E-state index < -0.39 is 11.4 Å². The van der Waals surface area contributed by atoms with E-state index in [2.05, 4.69) is 5.32 Å². The molecule has 2 amide bonds. The summed E-state index contributed by atoms with van der Waals surface area (Å²) >= 11 is 0. The molecule has 0 saturated heterocycles. The number of rotatable bonds is 4. The van der Waals surface area contributed by atoms with Crippen LogP contribution in [0.2, 0.25) is 0 Å². The third-order valence-corrected chi connectivity index (χ3v) is 2.37. The van der Waals surface area contributed by atoms with Crippen LogP contribution in [0.15, 0.2) is 24.3 Å². The molecule has 0 heterocycles. The predicted molar refractivity (Wildman–Crippen MR) is 72.8 cm³/mol. The van der Waals surface area contributed by atoms with Crippen molar-refractivity contribution in [3.8, 4) is 0 Å². The van der Waals surface area contributed by atoms with Gasteiger partial charge < -0.3 is 16.8 Å². The third-order valence-electron chi connectivity index (χ3n) is 2.37. The maximum absolute atomic E-state index is 11.9. The van der Waals surface area contributed by atoms with E-state index in [0.29, 0.717) is 17.7 Å². The first-order valence-corrected chi connectivity index (χ1v) is 5.28. The smallest absolute Gasteiger partial charge is 0.251 e. The van der Waals surface area contributed by atoms with Gasteiger partial charge in [0.25, 0.3) is 5.91 Å². The molecule has 100 valence electrons. The molecule has 0 aliphatic rings. The summed E-state index contributed by atoms with van der Waals surface area (Å²) in [5, 5.41) is 2.77. The zero-order valence-electron chi connectivity index (χ0n) is 10.4. The first-order valence-electron chi connectivity index (χ1n) is 5.28. The van der Waals surface area contributed by atoms with Gasteiger partial charge in [0.1, 0.15) is 0 Å². The molecule has 0 atom stereocenters. The van der Waals surface area contributed by atoms with Gasteiger partial charge in [-0.2, -0.15) is 0 Å². The van der Waals surface area contributed by atoms with Crippen molar-refractivity contribution >= 4 is 24.2 Å². The van der Waals surface area contributed by atoms with Gasteiger partial charge in [-0.15, -0.1) is 12.4 Å². The third kappa shape index (κ3) is 4.35. The van der Waals surface area contributed by atoms with Gasteiger partial charge in [0, 0.05) is 23.2 Å². The summed E-state index contributed by atoms with van der Waals surface area (Å²) in [5.41, 5.74) is 10.9. The maximum Gasteiger partial charge on any atom is 0.251 e. The first-order chi connectivity index (χ1) is 7.85. The van der Waals surface area contributed by atoms with Gasteiger partial charge in [-0.25, -0.2) is 0 Å². The molecule has 5 N–H and O–H groups in total. The number of nitrogens with one attached hydrogen (secondary N) is 1. The average molecular weight is 272 g/mol. The Morgan fingerprint density at radius 2 is 1.83 bits per heavy atom. The molecular formula is C12H18ClN3O2. The number of benzene rings is 1. The Morgan fingerprint density at radius 3 is 2.33 bits per heavy atom. The van der Waals surface area contributed by atoms with Crippen LogP contribution in [0, 0.1) is 0 Å². The van der Waals surface area contributed by atoms with E-state index in [-0.39, 0.29) is 18.3 Å². The van der Waals surface area contributed by atoms with E-state index in [1.807, 2.05) is 13.8 Å². The molecule has 0 unspecified atom stereocenters. The summed E-state index contributed by atoms with van der Waals surface area (Å²) < 4.78 is 0. The Morgan fingerprint density at radius 1 is 1.28 bits per heavy atom. The van der Waals surface area contributed by atoms with Gasteiger partial charge in [-0.05, 0) is 32.0 Å². The monoisotopic (exact) mass is 271 g/mol. The minimum absolute atomic E-state index is 0. The van der Waals surface area contributed by atoms with E-state index in [0.717, 1.165) is 0 Å². The minimum Gasteiger partial charge on any atom is -0.366 e. The molecule has 0 radical (unpaired) electrons. The lowest BCUT2D eigenvalue weighted by molar-refractivity contribution is 0.0915. The topological polar surface area (TPSA) is 98.2 Å². The molecule has 0 fully saturated rings. The lowest BCUT2D eigenvalue weighted by Crippen LogP contribution is -2.48. The summed E-state index contributed by atoms with van der Waals surface area (Å²) in [5.74, 6) is -0.832. The summed E-state index contributed by atoms with van der Waals surface area (Å²) in [6.07, 6.45) is 0. The number of nitrogens with two attached hydrogens (primary N) is 2. The molecule has 5 nitrogen and oxygen atoms in total. The Bertz CT molecular complexity index is 447. The highest BCUT2D eigenvalue weighted by atomic mass is 35.5. The fraction of sp³-hybridized carbons (Fsp3) is 0.333. The lowest BCUT2D eigenvalue weighted by atomic mass is 10.0. The van der Waals surface area contributed by atoms with Crippen molar-refractivity contribution in [3.05, 3.63) is 35.4 Å². The largest absolute Gasteiger partial charge is 0.366 e. The Hall–Kier alpha value is -1.59. The van der Waals surface area contributed by atoms with Crippen LogP contribution in [-0.2, 0) is 0 Å². The summed E-state index contributed by atoms with van der Waals surface area (Å²) in [4.78, 5) is 22.9. The van der Waals surface area contributed by atoms with Gasteiger partial charge >= 0.3 is 0 Å². The number of carbonyl (C=O) groups is 2. The second-order valence-corrected chi connectivity index (χ2v) is 4.49. The van der Waals surface area contributed by atoms with Gasteiger partial charge in [0.15, 0.2) is 0 Å². The van der Waals surface area contributed by atoms with Crippen LogP contribution in [-0.4, -0.2) is 23.9 Å². The zero-order valence-corrected chi connectivity index (χ0v) is 11.2. The molecule has 0 spiro atoms. The Balaban J connectivity index is 0.00000289. The number of hydrogen-bond acceptors (Lipinski definition) is 3. The highest BCUT2D eigenvalue weighted by Gasteiger charge is 2.19. The van der Waals surface area contributed by atoms with E-state index >= 15 is 0 Å². The molecule has 0 aromatic heterocycles. The molecule has 1 rings (SSSR count). The highest BCUT2D eigenvalue weighted by molar-refractivity contribution is 5.99. The molecule has 6 heteroatoms. The number of halogens is 1. The predicted octanol–water partition coefficient (Wildman–Crippen LogP) is 0.674. The van der Waals surface area contributed by atoms with Gasteiger partial charge in [0.2, 0.25) is 5.91 Å². The lowest BCUT2D eigenvalue weighted by Gasteiger charge is -2.24. The SMILES string of the molecule is CC(C)(CN)NC(=O)c1cccc(C(N)=O)c1.Cl. The Kier molecular flexibility index (Phi) is 5.81. The molecule has 1 aromatic rings. The van der Waals surface area contributed by atoms with E-state index in [1.54, 1.807) is 18.2 Å². The van der Waals surface area contributed by atoms with E-state index in [1.165, 1.54) is 6.07 Å². The molecular weight excluding hydrogens is 254 g/mol. The van der Waals surface area contributed by atoms with Gasteiger partial charge in [0.05, 0.1) is 0 Å². The van der Waals surface area contributed by atoms with Crippen molar-refractivity contribution in [2.24, 2.45) is 11.5 Å². The van der Waals surface area contributed by atoms with Crippen LogP contribution in [0.3, 0.4) is 0 Å². The van der Waals surface area contributed by atoms with E-state index in [9.17, 15) is 9.59 Å². The zero-order chi connectivity index (χ0) is 13.1. The van der Waals surface area contributed by atoms with Crippen molar-refractivity contribution in [3.63, 3.8) is 0 Å². The van der Waals surface area contributed by atoms with Crippen LogP contribution < -0.4 is 16.8 Å². The van der Waals surface area contributed by atoms with Crippen LogP contribution in [0.5, 0.6) is 0 Å². The van der Waals surface area contributed by atoms with Gasteiger partial charge in [-0.3, -0.25) is 9.59 Å². The van der Waals surface area contributed by atoms with Crippen LogP contribution in [0.25, 0.3) is 0 Å². The number of primary amides is 1. The second-order valence-electron chi connectivity index (χ2n) is 4.49. The van der Waals surface area contributed by atoms with Crippen molar-refractivity contribution in [1.82, 2.24) is 5.32 Å². The summed E-state index contributed by atoms with van der Waals surface area (Å²) in [6.45, 7) is 3.97. The average Bonchev–Trinajstić information content (AvgIpc) is 2.28. The molecule has 1 aromatic carbocycles. The highest BCUT2D eigenvalue weighted by Crippen LogP contribution is 2.07. The minimum atomic E-state index is -0.558. The van der Waals surface area contributed by atoms with Crippen molar-refractivity contribution in [1.29, 1.82) is 0 Å². The standard InChI is InChI=1S/C12H17N3O2.ClH/c1-12(2,7-13)15-11(17)9-5-3-4-8(6-9)10(14)16;/h3-6H,7,13H2,1-2H3,(H2,14,16)(H,15,17);1H. The Labute approximate surface area is 112 Å². The van der Waals surface area contributed by atoms with Crippen LogP contribution >= 0.6 is 12.4 Å². The van der Waals surface area contributed by atoms with Gasteiger partial charge in [-0.1, -0.05) is 6.07 Å². The van der Waals surface area contributed by atoms with E-state index in [4.69, 9.17) is 11.5 Å². The van der Waals surface area contributed by atoms with Crippen molar-refractivity contribution in [2.45, 2.75) is 19.4 Å². The normalized spacial score (nSPS) is 10.4. The molecule has 0 aliphatic carbocycles. The number of hydrogen-bond donors (Lipinski definition) is 3. The van der Waals surface area contributed by atoms with Crippen molar-refractivity contribution in [2.75, 3.05) is 6.54 Å². The molecule has 0 bridgehead atoms.